The van der Waals surface area contributed by atoms with Crippen LogP contribution in [0.5, 0.6) is 5.75 Å². The minimum Gasteiger partial charge on any atom is -0.487 e. The molecule has 6 heteroatoms. The Bertz CT molecular complexity index is 837. The molecule has 3 heterocycles. The summed E-state index contributed by atoms with van der Waals surface area (Å²) in [6.45, 7) is 4.10. The van der Waals surface area contributed by atoms with Crippen LogP contribution in [-0.2, 0) is 22.6 Å². The number of carbonyl (C=O) groups excluding carboxylic acids is 1. The van der Waals surface area contributed by atoms with Crippen molar-refractivity contribution < 1.29 is 14.3 Å². The lowest BCUT2D eigenvalue weighted by atomic mass is 10.0. The quantitative estimate of drug-likeness (QED) is 0.791. The third kappa shape index (κ3) is 3.23. The number of ether oxygens (including phenoxy) is 2. The molecule has 1 aromatic heterocycles. The smallest absolute Gasteiger partial charge is 0.305 e. The Hall–Kier alpha value is -2.63. The van der Waals surface area contributed by atoms with E-state index in [-0.39, 0.29) is 5.97 Å². The predicted octanol–water partition coefficient (Wildman–Crippen LogP) is 2.66. The summed E-state index contributed by atoms with van der Waals surface area (Å²) in [6, 6.07) is 8.12. The first-order valence-electron chi connectivity index (χ1n) is 9.03. The van der Waals surface area contributed by atoms with Crippen LogP contribution < -0.4 is 9.64 Å². The standard InChI is InChI=1S/C20H23N3O3/c1-13-21-17-12-26-18-6-4-3-5-15(18)10-16(17)20(22-13)23-8-7-14(11-23)9-19(24)25-2/h3-6,14H,7-12H2,1-2H3/t14-/m0/s1. The van der Waals surface area contributed by atoms with Crippen molar-refractivity contribution in [1.82, 2.24) is 9.97 Å². The molecular formula is C20H23N3O3. The fourth-order valence-corrected chi connectivity index (χ4v) is 3.84. The summed E-state index contributed by atoms with van der Waals surface area (Å²) in [7, 11) is 1.44. The Morgan fingerprint density at radius 1 is 1.35 bits per heavy atom. The van der Waals surface area contributed by atoms with E-state index in [9.17, 15) is 4.79 Å². The van der Waals surface area contributed by atoms with Crippen LogP contribution in [-0.4, -0.2) is 36.1 Å². The highest BCUT2D eigenvalue weighted by atomic mass is 16.5. The number of fused-ring (bicyclic) bond motifs is 2. The average Bonchev–Trinajstić information content (AvgIpc) is 3.01. The highest BCUT2D eigenvalue weighted by molar-refractivity contribution is 5.69. The lowest BCUT2D eigenvalue weighted by Crippen LogP contribution is -2.24. The van der Waals surface area contributed by atoms with Gasteiger partial charge in [-0.05, 0) is 30.9 Å². The maximum Gasteiger partial charge on any atom is 0.305 e. The molecule has 26 heavy (non-hydrogen) atoms. The van der Waals surface area contributed by atoms with Crippen molar-refractivity contribution in [3.63, 3.8) is 0 Å². The third-order valence-electron chi connectivity index (χ3n) is 5.16. The van der Waals surface area contributed by atoms with E-state index in [1.807, 2.05) is 25.1 Å². The Morgan fingerprint density at radius 3 is 3.04 bits per heavy atom. The minimum atomic E-state index is -0.142. The second-order valence-electron chi connectivity index (χ2n) is 6.97. The highest BCUT2D eigenvalue weighted by Crippen LogP contribution is 2.34. The zero-order chi connectivity index (χ0) is 18.1. The molecule has 1 saturated heterocycles. The average molecular weight is 353 g/mol. The first kappa shape index (κ1) is 16.8. The summed E-state index contributed by atoms with van der Waals surface area (Å²) < 4.78 is 10.8. The van der Waals surface area contributed by atoms with Crippen molar-refractivity contribution in [3.05, 3.63) is 46.9 Å². The monoisotopic (exact) mass is 353 g/mol. The van der Waals surface area contributed by atoms with Gasteiger partial charge in [-0.15, -0.1) is 0 Å². The molecule has 0 N–H and O–H groups in total. The van der Waals surface area contributed by atoms with E-state index < -0.39 is 0 Å². The number of anilines is 1. The maximum atomic E-state index is 11.6. The molecule has 1 atom stereocenters. The van der Waals surface area contributed by atoms with Gasteiger partial charge in [-0.1, -0.05) is 18.2 Å². The topological polar surface area (TPSA) is 64.5 Å². The second kappa shape index (κ2) is 6.94. The molecule has 136 valence electrons. The van der Waals surface area contributed by atoms with Gasteiger partial charge >= 0.3 is 5.97 Å². The number of hydrogen-bond donors (Lipinski definition) is 0. The molecule has 0 amide bonds. The summed E-state index contributed by atoms with van der Waals surface area (Å²) in [5.74, 6) is 2.82. The third-order valence-corrected chi connectivity index (χ3v) is 5.16. The summed E-state index contributed by atoms with van der Waals surface area (Å²) in [4.78, 5) is 23.3. The van der Waals surface area contributed by atoms with Crippen LogP contribution in [0.3, 0.4) is 0 Å². The molecule has 0 saturated carbocycles. The Labute approximate surface area is 153 Å². The van der Waals surface area contributed by atoms with Gasteiger partial charge in [0.15, 0.2) is 0 Å². The molecule has 6 nitrogen and oxygen atoms in total. The molecule has 0 spiro atoms. The van der Waals surface area contributed by atoms with Crippen LogP contribution in [0.4, 0.5) is 5.82 Å². The van der Waals surface area contributed by atoms with Crippen LogP contribution in [0.1, 0.15) is 35.5 Å². The van der Waals surface area contributed by atoms with E-state index in [4.69, 9.17) is 14.5 Å². The zero-order valence-electron chi connectivity index (χ0n) is 15.2. The molecule has 0 radical (unpaired) electrons. The Balaban J connectivity index is 1.64. The van der Waals surface area contributed by atoms with Gasteiger partial charge in [0.2, 0.25) is 0 Å². The molecule has 1 aromatic carbocycles. The largest absolute Gasteiger partial charge is 0.487 e. The van der Waals surface area contributed by atoms with E-state index in [1.165, 1.54) is 7.11 Å². The first-order chi connectivity index (χ1) is 12.6. The molecule has 4 rings (SSSR count). The zero-order valence-corrected chi connectivity index (χ0v) is 15.2. The summed E-state index contributed by atoms with van der Waals surface area (Å²) in [6.07, 6.45) is 2.20. The van der Waals surface area contributed by atoms with Crippen molar-refractivity contribution in [3.8, 4) is 5.75 Å². The van der Waals surface area contributed by atoms with Crippen molar-refractivity contribution >= 4 is 11.8 Å². The molecule has 2 aliphatic rings. The number of aromatic nitrogens is 2. The summed E-state index contributed by atoms with van der Waals surface area (Å²) >= 11 is 0. The number of nitrogens with zero attached hydrogens (tertiary/aromatic N) is 3. The molecule has 0 bridgehead atoms. The van der Waals surface area contributed by atoms with Gasteiger partial charge in [0.1, 0.15) is 24.0 Å². The number of rotatable bonds is 3. The summed E-state index contributed by atoms with van der Waals surface area (Å²) in [5, 5.41) is 0. The number of carbonyl (C=O) groups is 1. The molecular weight excluding hydrogens is 330 g/mol. The first-order valence-corrected chi connectivity index (χ1v) is 9.03. The molecule has 0 aliphatic carbocycles. The van der Waals surface area contributed by atoms with Gasteiger partial charge in [-0.2, -0.15) is 0 Å². The number of esters is 1. The number of benzene rings is 1. The summed E-state index contributed by atoms with van der Waals surface area (Å²) in [5.41, 5.74) is 3.25. The molecule has 1 fully saturated rings. The SMILES string of the molecule is COC(=O)C[C@@H]1CCN(c2nc(C)nc3c2Cc2ccccc2OC3)C1. The van der Waals surface area contributed by atoms with Crippen LogP contribution >= 0.6 is 0 Å². The van der Waals surface area contributed by atoms with E-state index in [0.29, 0.717) is 18.9 Å². The van der Waals surface area contributed by atoms with Crippen molar-refractivity contribution in [2.75, 3.05) is 25.1 Å². The lowest BCUT2D eigenvalue weighted by molar-refractivity contribution is -0.141. The number of para-hydroxylation sites is 1. The normalized spacial score (nSPS) is 18.5. The van der Waals surface area contributed by atoms with Gasteiger partial charge in [-0.3, -0.25) is 4.79 Å². The van der Waals surface area contributed by atoms with Gasteiger partial charge < -0.3 is 14.4 Å². The maximum absolute atomic E-state index is 11.6. The van der Waals surface area contributed by atoms with Crippen molar-refractivity contribution in [2.45, 2.75) is 32.8 Å². The van der Waals surface area contributed by atoms with Gasteiger partial charge in [-0.25, -0.2) is 9.97 Å². The van der Waals surface area contributed by atoms with Crippen LogP contribution in [0.2, 0.25) is 0 Å². The molecule has 2 aromatic rings. The Morgan fingerprint density at radius 2 is 2.19 bits per heavy atom. The highest BCUT2D eigenvalue weighted by Gasteiger charge is 2.29. The van der Waals surface area contributed by atoms with Crippen LogP contribution in [0.15, 0.2) is 24.3 Å². The fourth-order valence-electron chi connectivity index (χ4n) is 3.84. The van der Waals surface area contributed by atoms with Crippen LogP contribution in [0.25, 0.3) is 0 Å². The van der Waals surface area contributed by atoms with Gasteiger partial charge in [0.05, 0.1) is 19.2 Å². The molecule has 0 unspecified atom stereocenters. The van der Waals surface area contributed by atoms with Crippen molar-refractivity contribution in [1.29, 1.82) is 0 Å². The van der Waals surface area contributed by atoms with Gasteiger partial charge in [0.25, 0.3) is 0 Å². The number of aryl methyl sites for hydroxylation is 1. The predicted molar refractivity (Wildman–Crippen MR) is 97.3 cm³/mol. The molecule has 2 aliphatic heterocycles. The number of methoxy groups -OCH3 is 1. The fraction of sp³-hybridized carbons (Fsp3) is 0.450. The van der Waals surface area contributed by atoms with Crippen molar-refractivity contribution in [2.24, 2.45) is 5.92 Å². The number of hydrogen-bond acceptors (Lipinski definition) is 6. The van der Waals surface area contributed by atoms with E-state index in [0.717, 1.165) is 60.1 Å². The van der Waals surface area contributed by atoms with E-state index >= 15 is 0 Å². The van der Waals surface area contributed by atoms with Gasteiger partial charge in [0, 0.05) is 25.1 Å². The lowest BCUT2D eigenvalue weighted by Gasteiger charge is -2.22. The Kier molecular flexibility index (Phi) is 4.49. The minimum absolute atomic E-state index is 0.142. The van der Waals surface area contributed by atoms with Crippen LogP contribution in [0, 0.1) is 12.8 Å². The van der Waals surface area contributed by atoms with E-state index in [2.05, 4.69) is 16.0 Å². The second-order valence-corrected chi connectivity index (χ2v) is 6.97. The van der Waals surface area contributed by atoms with E-state index in [1.54, 1.807) is 0 Å².